The van der Waals surface area contributed by atoms with Crippen molar-refractivity contribution in [3.63, 3.8) is 0 Å². The smallest absolute Gasteiger partial charge is 0.324 e. The second kappa shape index (κ2) is 15.2. The number of fused-ring (bicyclic) bond motifs is 1. The number of urea groups is 1. The molecule has 6 rings (SSSR count). The molecule has 3 heterocycles. The molecule has 3 aromatic heterocycles. The average Bonchev–Trinajstić information content (AvgIpc) is 3.53. The van der Waals surface area contributed by atoms with Gasteiger partial charge in [0.05, 0.1) is 35.2 Å². The number of aryl methyl sites for hydroxylation is 2. The highest BCUT2D eigenvalue weighted by molar-refractivity contribution is 6.07. The van der Waals surface area contributed by atoms with Crippen LogP contribution in [0, 0.1) is 6.92 Å². The van der Waals surface area contributed by atoms with Crippen molar-refractivity contribution < 1.29 is 14.3 Å². The van der Waals surface area contributed by atoms with E-state index in [9.17, 15) is 4.79 Å². The maximum absolute atomic E-state index is 13.4. The van der Waals surface area contributed by atoms with E-state index >= 15 is 0 Å². The molecule has 0 aliphatic rings. The zero-order chi connectivity index (χ0) is 35.1. The lowest BCUT2D eigenvalue weighted by Gasteiger charge is -2.15. The largest absolute Gasteiger partial charge is 0.488 e. The second-order valence-corrected chi connectivity index (χ2v) is 13.1. The molecule has 11 heteroatoms. The van der Waals surface area contributed by atoms with E-state index < -0.39 is 0 Å². The number of anilines is 4. The van der Waals surface area contributed by atoms with Crippen molar-refractivity contribution in [2.24, 2.45) is 0 Å². The van der Waals surface area contributed by atoms with Crippen molar-refractivity contribution >= 4 is 39.9 Å². The van der Waals surface area contributed by atoms with E-state index in [1.165, 1.54) is 0 Å². The Morgan fingerprint density at radius 2 is 1.66 bits per heavy atom. The van der Waals surface area contributed by atoms with Gasteiger partial charge in [0.1, 0.15) is 29.8 Å². The minimum absolute atomic E-state index is 0.200. The zero-order valence-corrected chi connectivity index (χ0v) is 29.0. The van der Waals surface area contributed by atoms with Crippen molar-refractivity contribution in [2.75, 3.05) is 29.7 Å². The molecule has 0 radical (unpaired) electrons. The summed E-state index contributed by atoms with van der Waals surface area (Å²) in [4.78, 5) is 26.8. The van der Waals surface area contributed by atoms with E-state index in [0.717, 1.165) is 51.8 Å². The van der Waals surface area contributed by atoms with E-state index in [0.29, 0.717) is 42.1 Å². The van der Waals surface area contributed by atoms with Crippen LogP contribution in [0.1, 0.15) is 49.7 Å². The van der Waals surface area contributed by atoms with Crippen LogP contribution in [0.25, 0.3) is 16.5 Å². The standard InChI is InChI=1S/C39H42N8O3/c1-26-12-14-29(15-13-26)47-37(22-34(46-47)39(2,3)4)45-38(48)43-32-16-17-33(31-11-7-6-10-30(31)32)50-25-27-18-19-40-35(21-27)44-36-24-41-28(23-42-36)9-8-20-49-5/h6-7,10-19,21-24H,8-9,20,25H2,1-5H3,(H,40,42,44)(H2,43,45,48). The number of amides is 2. The number of hydrogen-bond acceptors (Lipinski definition) is 8. The van der Waals surface area contributed by atoms with Crippen molar-refractivity contribution in [1.82, 2.24) is 24.7 Å². The van der Waals surface area contributed by atoms with Crippen LogP contribution in [0.15, 0.2) is 97.5 Å². The van der Waals surface area contributed by atoms with Gasteiger partial charge in [0.15, 0.2) is 0 Å². The number of pyridine rings is 1. The summed E-state index contributed by atoms with van der Waals surface area (Å²) in [5.41, 5.74) is 5.18. The van der Waals surface area contributed by atoms with Crippen LogP contribution in [-0.4, -0.2) is 44.5 Å². The quantitative estimate of drug-likeness (QED) is 0.111. The molecule has 3 aromatic carbocycles. The Kier molecular flexibility index (Phi) is 10.3. The van der Waals surface area contributed by atoms with E-state index in [4.69, 9.17) is 14.6 Å². The summed E-state index contributed by atoms with van der Waals surface area (Å²) in [6.45, 7) is 9.34. The highest BCUT2D eigenvalue weighted by atomic mass is 16.5. The van der Waals surface area contributed by atoms with Gasteiger partial charge in [0.2, 0.25) is 0 Å². The fourth-order valence-electron chi connectivity index (χ4n) is 5.37. The van der Waals surface area contributed by atoms with Crippen molar-refractivity contribution in [3.8, 4) is 11.4 Å². The molecule has 0 saturated carbocycles. The Bertz CT molecular complexity index is 2070. The molecule has 6 aromatic rings. The molecular weight excluding hydrogens is 628 g/mol. The number of rotatable bonds is 12. The first kappa shape index (κ1) is 34.1. The molecule has 3 N–H and O–H groups in total. The Balaban J connectivity index is 1.14. The number of aromatic nitrogens is 5. The SMILES string of the molecule is COCCCc1cnc(Nc2cc(COc3ccc(NC(=O)Nc4cc(C(C)(C)C)nn4-c4ccc(C)cc4)c4ccccc34)ccn2)cn1. The highest BCUT2D eigenvalue weighted by Gasteiger charge is 2.22. The van der Waals surface area contributed by atoms with Gasteiger partial charge in [-0.25, -0.2) is 19.4 Å². The number of methoxy groups -OCH3 is 1. The summed E-state index contributed by atoms with van der Waals surface area (Å²) in [6.07, 6.45) is 6.90. The molecule has 256 valence electrons. The monoisotopic (exact) mass is 670 g/mol. The van der Waals surface area contributed by atoms with Crippen LogP contribution in [0.2, 0.25) is 0 Å². The van der Waals surface area contributed by atoms with Crippen LogP contribution in [0.5, 0.6) is 5.75 Å². The molecule has 2 amide bonds. The van der Waals surface area contributed by atoms with E-state index in [1.807, 2.05) is 85.8 Å². The van der Waals surface area contributed by atoms with Crippen LogP contribution in [0.3, 0.4) is 0 Å². The van der Waals surface area contributed by atoms with Crippen LogP contribution in [0.4, 0.5) is 27.9 Å². The first-order chi connectivity index (χ1) is 24.2. The van der Waals surface area contributed by atoms with Gasteiger partial charge in [-0.1, -0.05) is 62.7 Å². The van der Waals surface area contributed by atoms with Gasteiger partial charge in [0, 0.05) is 42.2 Å². The fourth-order valence-corrected chi connectivity index (χ4v) is 5.37. The molecule has 0 fully saturated rings. The topological polar surface area (TPSA) is 128 Å². The molecule has 0 aliphatic heterocycles. The number of carbonyl (C=O) groups excluding carboxylic acids is 1. The lowest BCUT2D eigenvalue weighted by Crippen LogP contribution is -2.21. The van der Waals surface area contributed by atoms with Crippen molar-refractivity contribution in [2.45, 2.75) is 52.6 Å². The molecule has 0 spiro atoms. The predicted octanol–water partition coefficient (Wildman–Crippen LogP) is 8.36. The van der Waals surface area contributed by atoms with E-state index in [-0.39, 0.29) is 11.4 Å². The Morgan fingerprint density at radius 3 is 2.40 bits per heavy atom. The number of benzene rings is 3. The number of nitrogens with one attached hydrogen (secondary N) is 3. The predicted molar refractivity (Wildman–Crippen MR) is 198 cm³/mol. The Labute approximate surface area is 292 Å². The van der Waals surface area contributed by atoms with Crippen molar-refractivity contribution in [3.05, 3.63) is 120 Å². The van der Waals surface area contributed by atoms with Gasteiger partial charge in [-0.15, -0.1) is 0 Å². The van der Waals surface area contributed by atoms with E-state index in [2.05, 4.69) is 51.7 Å². The minimum atomic E-state index is -0.375. The summed E-state index contributed by atoms with van der Waals surface area (Å²) in [5.74, 6) is 2.52. The lowest BCUT2D eigenvalue weighted by molar-refractivity contribution is 0.195. The lowest BCUT2D eigenvalue weighted by atomic mass is 9.92. The van der Waals surface area contributed by atoms with E-state index in [1.54, 1.807) is 30.4 Å². The maximum atomic E-state index is 13.4. The third-order valence-electron chi connectivity index (χ3n) is 8.09. The Morgan fingerprint density at radius 1 is 0.860 bits per heavy atom. The normalized spacial score (nSPS) is 11.4. The summed E-state index contributed by atoms with van der Waals surface area (Å²) in [7, 11) is 1.69. The van der Waals surface area contributed by atoms with Crippen LogP contribution < -0.4 is 20.7 Å². The first-order valence-corrected chi connectivity index (χ1v) is 16.6. The van der Waals surface area contributed by atoms with Crippen molar-refractivity contribution in [1.29, 1.82) is 0 Å². The first-order valence-electron chi connectivity index (χ1n) is 16.6. The third-order valence-corrected chi connectivity index (χ3v) is 8.09. The van der Waals surface area contributed by atoms with Gasteiger partial charge in [-0.2, -0.15) is 5.10 Å². The molecule has 0 aliphatic carbocycles. The number of nitrogens with zero attached hydrogens (tertiary/aromatic N) is 5. The summed E-state index contributed by atoms with van der Waals surface area (Å²) >= 11 is 0. The number of hydrogen-bond donors (Lipinski definition) is 3. The molecule has 0 atom stereocenters. The molecule has 0 saturated heterocycles. The van der Waals surface area contributed by atoms with Gasteiger partial charge in [-0.3, -0.25) is 10.3 Å². The molecule has 0 unspecified atom stereocenters. The molecule has 50 heavy (non-hydrogen) atoms. The summed E-state index contributed by atoms with van der Waals surface area (Å²) in [6, 6.07) is 25.0. The van der Waals surface area contributed by atoms with Crippen LogP contribution in [-0.2, 0) is 23.2 Å². The number of ether oxygens (including phenoxy) is 2. The zero-order valence-electron chi connectivity index (χ0n) is 29.0. The second-order valence-electron chi connectivity index (χ2n) is 13.1. The molecule has 0 bridgehead atoms. The number of carbonyl (C=O) groups is 1. The Hall–Kier alpha value is -5.81. The molecule has 11 nitrogen and oxygen atoms in total. The maximum Gasteiger partial charge on any atom is 0.324 e. The fraction of sp³-hybridized carbons (Fsp3) is 0.256. The highest BCUT2D eigenvalue weighted by Crippen LogP contribution is 2.33. The third kappa shape index (κ3) is 8.42. The van der Waals surface area contributed by atoms with Crippen LogP contribution >= 0.6 is 0 Å². The van der Waals surface area contributed by atoms with Gasteiger partial charge < -0.3 is 20.1 Å². The summed E-state index contributed by atoms with van der Waals surface area (Å²) in [5, 5.41) is 15.8. The van der Waals surface area contributed by atoms with Gasteiger partial charge in [-0.05, 0) is 61.7 Å². The summed E-state index contributed by atoms with van der Waals surface area (Å²) < 4.78 is 13.2. The molecular formula is C39H42N8O3. The minimum Gasteiger partial charge on any atom is -0.488 e. The van der Waals surface area contributed by atoms with Gasteiger partial charge in [0.25, 0.3) is 0 Å². The average molecular weight is 671 g/mol. The van der Waals surface area contributed by atoms with Gasteiger partial charge >= 0.3 is 6.03 Å².